The number of hydrogen-bond acceptors (Lipinski definition) is 6. The quantitative estimate of drug-likeness (QED) is 0.0262. The van der Waals surface area contributed by atoms with Crippen molar-refractivity contribution in [1.82, 2.24) is 0 Å². The van der Waals surface area contributed by atoms with Crippen LogP contribution in [0.25, 0.3) is 0 Å². The van der Waals surface area contributed by atoms with Gasteiger partial charge in [-0.15, -0.1) is 0 Å². The first kappa shape index (κ1) is 65.8. The predicted octanol–water partition coefficient (Wildman–Crippen LogP) is 19.8. The first-order valence-electron chi connectivity index (χ1n) is 29.4. The van der Waals surface area contributed by atoms with Crippen molar-refractivity contribution in [3.8, 4) is 0 Å². The van der Waals surface area contributed by atoms with Crippen molar-refractivity contribution >= 4 is 17.9 Å². The molecule has 6 nitrogen and oxygen atoms in total. The Morgan fingerprint density at radius 3 is 0.913 bits per heavy atom. The molecule has 0 bridgehead atoms. The Bertz CT molecular complexity index is 1290. The molecule has 0 aliphatic heterocycles. The largest absolute Gasteiger partial charge is 0.462 e. The van der Waals surface area contributed by atoms with Gasteiger partial charge in [0.05, 0.1) is 0 Å². The molecule has 0 fully saturated rings. The lowest BCUT2D eigenvalue weighted by Gasteiger charge is -2.18. The summed E-state index contributed by atoms with van der Waals surface area (Å²) in [5.41, 5.74) is 0. The summed E-state index contributed by atoms with van der Waals surface area (Å²) >= 11 is 0. The molecular weight excluding hydrogens is 853 g/mol. The highest BCUT2D eigenvalue weighted by molar-refractivity contribution is 5.71. The van der Waals surface area contributed by atoms with Crippen molar-refractivity contribution in [2.45, 2.75) is 297 Å². The molecule has 0 aromatic rings. The third-order valence-corrected chi connectivity index (χ3v) is 12.7. The van der Waals surface area contributed by atoms with E-state index in [0.717, 1.165) is 96.3 Å². The van der Waals surface area contributed by atoms with Crippen LogP contribution in [0.15, 0.2) is 72.9 Å². The van der Waals surface area contributed by atoms with Crippen molar-refractivity contribution in [3.05, 3.63) is 72.9 Å². The molecule has 0 aromatic carbocycles. The average Bonchev–Trinajstić information content (AvgIpc) is 3.35. The van der Waals surface area contributed by atoms with Gasteiger partial charge < -0.3 is 14.2 Å². The number of esters is 3. The zero-order valence-corrected chi connectivity index (χ0v) is 45.6. The summed E-state index contributed by atoms with van der Waals surface area (Å²) < 4.78 is 16.9. The maximum atomic E-state index is 12.9. The fraction of sp³-hybridized carbons (Fsp3) is 0.762. The maximum Gasteiger partial charge on any atom is 0.306 e. The van der Waals surface area contributed by atoms with Gasteiger partial charge >= 0.3 is 17.9 Å². The summed E-state index contributed by atoms with van der Waals surface area (Å²) in [4.78, 5) is 38.2. The predicted molar refractivity (Wildman–Crippen MR) is 298 cm³/mol. The minimum atomic E-state index is -0.793. The van der Waals surface area contributed by atoms with Gasteiger partial charge in [0.25, 0.3) is 0 Å². The zero-order chi connectivity index (χ0) is 50.0. The lowest BCUT2D eigenvalue weighted by Crippen LogP contribution is -2.30. The number of unbranched alkanes of at least 4 members (excludes halogenated alkanes) is 30. The fourth-order valence-corrected chi connectivity index (χ4v) is 8.29. The fourth-order valence-electron chi connectivity index (χ4n) is 8.29. The topological polar surface area (TPSA) is 78.9 Å². The normalized spacial score (nSPS) is 12.6. The molecule has 0 rings (SSSR count). The molecule has 0 aromatic heterocycles. The van der Waals surface area contributed by atoms with E-state index in [1.165, 1.54) is 154 Å². The van der Waals surface area contributed by atoms with E-state index in [-0.39, 0.29) is 31.1 Å². The Kier molecular flexibility index (Phi) is 54.8. The summed E-state index contributed by atoms with van der Waals surface area (Å²) in [6.07, 6.45) is 73.2. The summed E-state index contributed by atoms with van der Waals surface area (Å²) in [6.45, 7) is 6.52. The zero-order valence-electron chi connectivity index (χ0n) is 45.6. The standard InChI is InChI=1S/C63H110O6/c1-4-7-10-13-16-19-22-25-28-30-31-33-36-39-42-45-48-51-54-57-63(66)69-60(58-67-61(64)55-52-49-46-43-40-37-34-27-24-21-18-15-12-9-6-3)59-68-62(65)56-53-50-47-44-41-38-35-32-29-26-23-20-17-14-11-8-5-2/h7,10,16,19,25-26,28-29,31,33,39,42,60H,4-6,8-9,11-15,17-18,20-24,27,30,32,34-38,40-41,43-59H2,1-3H3/b10-7-,19-16-,28-25-,29-26-,33-31-,42-39-/t60-/m0/s1. The third kappa shape index (κ3) is 55.6. The third-order valence-electron chi connectivity index (χ3n) is 12.7. The number of carbonyl (C=O) groups is 3. The minimum absolute atomic E-state index is 0.0877. The molecule has 0 saturated heterocycles. The van der Waals surface area contributed by atoms with E-state index in [1.54, 1.807) is 0 Å². The first-order valence-corrected chi connectivity index (χ1v) is 29.4. The van der Waals surface area contributed by atoms with Gasteiger partial charge in [0.15, 0.2) is 6.10 Å². The molecule has 0 aliphatic rings. The molecule has 6 heteroatoms. The van der Waals surface area contributed by atoms with Gasteiger partial charge in [0, 0.05) is 19.3 Å². The number of hydrogen-bond donors (Lipinski definition) is 0. The van der Waals surface area contributed by atoms with Crippen LogP contribution >= 0.6 is 0 Å². The average molecular weight is 964 g/mol. The second kappa shape index (κ2) is 57.4. The van der Waals surface area contributed by atoms with Gasteiger partial charge in [-0.2, -0.15) is 0 Å². The number of ether oxygens (including phenoxy) is 3. The summed E-state index contributed by atoms with van der Waals surface area (Å²) in [5.74, 6) is -0.913. The van der Waals surface area contributed by atoms with Crippen LogP contribution in [0, 0.1) is 0 Å². The van der Waals surface area contributed by atoms with Crippen LogP contribution in [-0.2, 0) is 28.6 Å². The van der Waals surface area contributed by atoms with E-state index in [9.17, 15) is 14.4 Å². The van der Waals surface area contributed by atoms with Crippen molar-refractivity contribution in [3.63, 3.8) is 0 Å². The van der Waals surface area contributed by atoms with Crippen molar-refractivity contribution in [2.75, 3.05) is 13.2 Å². The van der Waals surface area contributed by atoms with Crippen LogP contribution in [0.2, 0.25) is 0 Å². The first-order chi connectivity index (χ1) is 34.0. The molecule has 1 atom stereocenters. The highest BCUT2D eigenvalue weighted by Crippen LogP contribution is 2.16. The smallest absolute Gasteiger partial charge is 0.306 e. The Balaban J connectivity index is 4.44. The van der Waals surface area contributed by atoms with Crippen LogP contribution in [0.5, 0.6) is 0 Å². The highest BCUT2D eigenvalue weighted by Gasteiger charge is 2.19. The second-order valence-electron chi connectivity index (χ2n) is 19.5. The molecule has 0 unspecified atom stereocenters. The van der Waals surface area contributed by atoms with Crippen LogP contribution in [-0.4, -0.2) is 37.2 Å². The molecule has 0 saturated carbocycles. The Labute approximate surface area is 427 Å². The van der Waals surface area contributed by atoms with Crippen LogP contribution in [0.4, 0.5) is 0 Å². The van der Waals surface area contributed by atoms with Gasteiger partial charge in [-0.1, -0.05) is 254 Å². The molecule has 0 N–H and O–H groups in total. The van der Waals surface area contributed by atoms with E-state index in [1.807, 2.05) is 0 Å². The van der Waals surface area contributed by atoms with Crippen LogP contribution in [0.1, 0.15) is 290 Å². The second-order valence-corrected chi connectivity index (χ2v) is 19.5. The SMILES string of the molecule is CC/C=C\C/C=C\C/C=C\C/C=C\C/C=C\CCCCCC(=O)O[C@H](COC(=O)CCCCCCCCC/C=C\CCCCCCCC)COC(=O)CCCCCCCCCCCCCCCCC. The van der Waals surface area contributed by atoms with Crippen molar-refractivity contribution in [1.29, 1.82) is 0 Å². The lowest BCUT2D eigenvalue weighted by atomic mass is 10.0. The Morgan fingerprint density at radius 2 is 0.565 bits per heavy atom. The van der Waals surface area contributed by atoms with Gasteiger partial charge in [0.1, 0.15) is 13.2 Å². The van der Waals surface area contributed by atoms with Gasteiger partial charge in [-0.3, -0.25) is 14.4 Å². The number of allylic oxidation sites excluding steroid dienone is 12. The number of rotatable bonds is 53. The summed E-state index contributed by atoms with van der Waals surface area (Å²) in [6, 6.07) is 0. The lowest BCUT2D eigenvalue weighted by molar-refractivity contribution is -0.167. The molecule has 0 spiro atoms. The van der Waals surface area contributed by atoms with Crippen LogP contribution < -0.4 is 0 Å². The Hall–Kier alpha value is -3.15. The molecular formula is C63H110O6. The summed E-state index contributed by atoms with van der Waals surface area (Å²) in [7, 11) is 0. The summed E-state index contributed by atoms with van der Waals surface area (Å²) in [5, 5.41) is 0. The van der Waals surface area contributed by atoms with Crippen molar-refractivity contribution < 1.29 is 28.6 Å². The van der Waals surface area contributed by atoms with Gasteiger partial charge in [-0.05, 0) is 89.9 Å². The van der Waals surface area contributed by atoms with Crippen LogP contribution in [0.3, 0.4) is 0 Å². The molecule has 0 aliphatic carbocycles. The van der Waals surface area contributed by atoms with Gasteiger partial charge in [-0.25, -0.2) is 0 Å². The molecule has 0 heterocycles. The van der Waals surface area contributed by atoms with E-state index in [4.69, 9.17) is 14.2 Å². The molecule has 0 radical (unpaired) electrons. The molecule has 0 amide bonds. The monoisotopic (exact) mass is 963 g/mol. The Morgan fingerprint density at radius 1 is 0.304 bits per heavy atom. The van der Waals surface area contributed by atoms with Gasteiger partial charge in [0.2, 0.25) is 0 Å². The maximum absolute atomic E-state index is 12.9. The molecule has 398 valence electrons. The van der Waals surface area contributed by atoms with E-state index in [2.05, 4.69) is 93.7 Å². The minimum Gasteiger partial charge on any atom is -0.462 e. The highest BCUT2D eigenvalue weighted by atomic mass is 16.6. The van der Waals surface area contributed by atoms with E-state index < -0.39 is 6.10 Å². The van der Waals surface area contributed by atoms with Crippen molar-refractivity contribution in [2.24, 2.45) is 0 Å². The molecule has 69 heavy (non-hydrogen) atoms. The van der Waals surface area contributed by atoms with E-state index in [0.29, 0.717) is 19.3 Å². The number of carbonyl (C=O) groups excluding carboxylic acids is 3. The van der Waals surface area contributed by atoms with E-state index >= 15 is 0 Å².